The molecule has 8 heteroatoms. The zero-order valence-corrected chi connectivity index (χ0v) is 14.6. The molecule has 1 saturated heterocycles. The number of anilines is 1. The Balaban J connectivity index is 1.30. The molecule has 8 nitrogen and oxygen atoms in total. The van der Waals surface area contributed by atoms with Crippen LogP contribution in [0.5, 0.6) is 0 Å². The summed E-state index contributed by atoms with van der Waals surface area (Å²) in [5.41, 5.74) is 3.01. The Labute approximate surface area is 155 Å². The second kappa shape index (κ2) is 7.45. The number of amides is 2. The number of carbonyl (C=O) groups is 2. The van der Waals surface area contributed by atoms with E-state index in [-0.39, 0.29) is 18.4 Å². The fourth-order valence-corrected chi connectivity index (χ4v) is 3.11. The monoisotopic (exact) mass is 365 g/mol. The van der Waals surface area contributed by atoms with Gasteiger partial charge >= 0.3 is 6.09 Å². The van der Waals surface area contributed by atoms with Crippen molar-refractivity contribution in [2.45, 2.75) is 13.0 Å². The molecule has 1 aliphatic heterocycles. The third-order valence-corrected chi connectivity index (χ3v) is 4.61. The zero-order chi connectivity index (χ0) is 18.6. The van der Waals surface area contributed by atoms with Crippen LogP contribution in [0.1, 0.15) is 12.0 Å². The molecule has 1 atom stereocenters. The number of nitrogens with one attached hydrogen (secondary N) is 2. The van der Waals surface area contributed by atoms with Gasteiger partial charge < -0.3 is 15.0 Å². The van der Waals surface area contributed by atoms with Crippen LogP contribution < -0.4 is 5.32 Å². The van der Waals surface area contributed by atoms with E-state index in [1.165, 1.54) is 0 Å². The van der Waals surface area contributed by atoms with Crippen molar-refractivity contribution in [1.82, 2.24) is 20.3 Å². The molecule has 138 valence electrons. The van der Waals surface area contributed by atoms with Gasteiger partial charge in [-0.25, -0.2) is 4.79 Å². The molecule has 3 aromatic rings. The molecular formula is C19H19N5O3. The molecule has 1 aliphatic rings. The number of hydrogen-bond donors (Lipinski definition) is 2. The summed E-state index contributed by atoms with van der Waals surface area (Å²) in [6.07, 6.45) is 0.219. The summed E-state index contributed by atoms with van der Waals surface area (Å²) in [7, 11) is 0. The minimum Gasteiger partial charge on any atom is -0.445 e. The maximum Gasteiger partial charge on any atom is 0.410 e. The van der Waals surface area contributed by atoms with E-state index < -0.39 is 6.09 Å². The van der Waals surface area contributed by atoms with Gasteiger partial charge in [-0.3, -0.25) is 4.79 Å². The molecule has 0 spiro atoms. The van der Waals surface area contributed by atoms with E-state index in [9.17, 15) is 9.59 Å². The van der Waals surface area contributed by atoms with Gasteiger partial charge in [-0.05, 0) is 30.2 Å². The molecule has 0 aliphatic carbocycles. The van der Waals surface area contributed by atoms with Crippen molar-refractivity contribution in [3.63, 3.8) is 0 Å². The van der Waals surface area contributed by atoms with Gasteiger partial charge in [0, 0.05) is 18.8 Å². The normalized spacial score (nSPS) is 16.4. The largest absolute Gasteiger partial charge is 0.445 e. The summed E-state index contributed by atoms with van der Waals surface area (Å²) in [4.78, 5) is 26.3. The first-order chi connectivity index (χ1) is 13.2. The Kier molecular flexibility index (Phi) is 4.69. The number of aromatic amines is 1. The third kappa shape index (κ3) is 3.89. The van der Waals surface area contributed by atoms with Crippen molar-refractivity contribution in [2.24, 2.45) is 5.92 Å². The third-order valence-electron chi connectivity index (χ3n) is 4.61. The van der Waals surface area contributed by atoms with Crippen LogP contribution in [0.4, 0.5) is 10.5 Å². The summed E-state index contributed by atoms with van der Waals surface area (Å²) < 4.78 is 5.33. The predicted molar refractivity (Wildman–Crippen MR) is 98.8 cm³/mol. The number of carbonyl (C=O) groups excluding carboxylic acids is 2. The van der Waals surface area contributed by atoms with Crippen molar-refractivity contribution in [3.8, 4) is 0 Å². The van der Waals surface area contributed by atoms with Crippen LogP contribution >= 0.6 is 0 Å². The SMILES string of the molecule is O=C(Nc1ccc2n[nH]nc2c1)C1CCN(C(=O)OCc2ccccc2)C1. The van der Waals surface area contributed by atoms with Crippen LogP contribution in [0.2, 0.25) is 0 Å². The van der Waals surface area contributed by atoms with E-state index in [1.54, 1.807) is 23.1 Å². The topological polar surface area (TPSA) is 100 Å². The number of H-pyrrole nitrogens is 1. The van der Waals surface area contributed by atoms with E-state index in [0.29, 0.717) is 30.7 Å². The van der Waals surface area contributed by atoms with Gasteiger partial charge in [-0.2, -0.15) is 15.4 Å². The quantitative estimate of drug-likeness (QED) is 0.740. The minimum absolute atomic E-state index is 0.115. The highest BCUT2D eigenvalue weighted by molar-refractivity contribution is 5.95. The van der Waals surface area contributed by atoms with Crippen molar-refractivity contribution in [1.29, 1.82) is 0 Å². The molecule has 2 N–H and O–H groups in total. The second-order valence-corrected chi connectivity index (χ2v) is 6.49. The van der Waals surface area contributed by atoms with E-state index in [1.807, 2.05) is 30.3 Å². The van der Waals surface area contributed by atoms with Gasteiger partial charge in [0.05, 0.1) is 5.92 Å². The molecule has 0 saturated carbocycles. The smallest absolute Gasteiger partial charge is 0.410 e. The first-order valence-corrected chi connectivity index (χ1v) is 8.76. The summed E-state index contributed by atoms with van der Waals surface area (Å²) in [6.45, 7) is 1.09. The summed E-state index contributed by atoms with van der Waals surface area (Å²) >= 11 is 0. The number of likely N-dealkylation sites (tertiary alicyclic amines) is 1. The van der Waals surface area contributed by atoms with Crippen molar-refractivity contribution < 1.29 is 14.3 Å². The molecule has 2 aromatic carbocycles. The minimum atomic E-state index is -0.391. The van der Waals surface area contributed by atoms with Crippen LogP contribution in [0.15, 0.2) is 48.5 Å². The molecule has 1 fully saturated rings. The molecule has 0 radical (unpaired) electrons. The lowest BCUT2D eigenvalue weighted by Crippen LogP contribution is -2.31. The summed E-state index contributed by atoms with van der Waals surface area (Å²) in [5, 5.41) is 13.4. The van der Waals surface area contributed by atoms with Crippen LogP contribution in [0.25, 0.3) is 11.0 Å². The molecule has 0 bridgehead atoms. The zero-order valence-electron chi connectivity index (χ0n) is 14.6. The highest BCUT2D eigenvalue weighted by Crippen LogP contribution is 2.21. The van der Waals surface area contributed by atoms with Crippen molar-refractivity contribution >= 4 is 28.7 Å². The molecule has 1 aromatic heterocycles. The lowest BCUT2D eigenvalue weighted by molar-refractivity contribution is -0.119. The Morgan fingerprint density at radius 2 is 1.96 bits per heavy atom. The number of hydrogen-bond acceptors (Lipinski definition) is 5. The highest BCUT2D eigenvalue weighted by Gasteiger charge is 2.32. The van der Waals surface area contributed by atoms with Gasteiger partial charge in [0.15, 0.2) is 0 Å². The average molecular weight is 365 g/mol. The Morgan fingerprint density at radius 3 is 2.81 bits per heavy atom. The first-order valence-electron chi connectivity index (χ1n) is 8.76. The fourth-order valence-electron chi connectivity index (χ4n) is 3.11. The van der Waals surface area contributed by atoms with Gasteiger partial charge in [0.25, 0.3) is 0 Å². The lowest BCUT2D eigenvalue weighted by Gasteiger charge is -2.16. The first kappa shape index (κ1) is 17.0. The van der Waals surface area contributed by atoms with Gasteiger partial charge in [0.2, 0.25) is 5.91 Å². The molecule has 2 heterocycles. The summed E-state index contributed by atoms with van der Waals surface area (Å²) in [5.74, 6) is -0.376. The number of fused-ring (bicyclic) bond motifs is 1. The van der Waals surface area contributed by atoms with Crippen molar-refractivity contribution in [2.75, 3.05) is 18.4 Å². The maximum atomic E-state index is 12.5. The predicted octanol–water partition coefficient (Wildman–Crippen LogP) is 2.56. The van der Waals surface area contributed by atoms with Gasteiger partial charge in [-0.15, -0.1) is 0 Å². The lowest BCUT2D eigenvalue weighted by atomic mass is 10.1. The van der Waals surface area contributed by atoms with Crippen molar-refractivity contribution in [3.05, 3.63) is 54.1 Å². The van der Waals surface area contributed by atoms with E-state index in [2.05, 4.69) is 20.7 Å². The van der Waals surface area contributed by atoms with E-state index in [4.69, 9.17) is 4.74 Å². The maximum absolute atomic E-state index is 12.5. The summed E-state index contributed by atoms with van der Waals surface area (Å²) in [6, 6.07) is 14.8. The molecule has 1 unspecified atom stereocenters. The Morgan fingerprint density at radius 1 is 1.15 bits per heavy atom. The second-order valence-electron chi connectivity index (χ2n) is 6.49. The number of nitrogens with zero attached hydrogens (tertiary/aromatic N) is 3. The number of aromatic nitrogens is 3. The van der Waals surface area contributed by atoms with Crippen LogP contribution in [-0.2, 0) is 16.1 Å². The molecule has 4 rings (SSSR count). The average Bonchev–Trinajstić information content (AvgIpc) is 3.36. The standard InChI is InChI=1S/C19H19N5O3/c25-18(20-15-6-7-16-17(10-15)22-23-21-16)14-8-9-24(11-14)19(26)27-12-13-4-2-1-3-5-13/h1-7,10,14H,8-9,11-12H2,(H,20,25)(H,21,22,23). The Bertz CT molecular complexity index is 956. The Hall–Kier alpha value is -3.42. The molecule has 2 amide bonds. The van der Waals surface area contributed by atoms with Crippen LogP contribution in [-0.4, -0.2) is 45.4 Å². The van der Waals surface area contributed by atoms with Crippen LogP contribution in [0.3, 0.4) is 0 Å². The molecular weight excluding hydrogens is 346 g/mol. The molecule has 27 heavy (non-hydrogen) atoms. The number of ether oxygens (including phenoxy) is 1. The number of benzene rings is 2. The highest BCUT2D eigenvalue weighted by atomic mass is 16.6. The number of rotatable bonds is 4. The van der Waals surface area contributed by atoms with Crippen LogP contribution in [0, 0.1) is 5.92 Å². The van der Waals surface area contributed by atoms with E-state index in [0.717, 1.165) is 11.1 Å². The van der Waals surface area contributed by atoms with Gasteiger partial charge in [0.1, 0.15) is 17.6 Å². The fraction of sp³-hybridized carbons (Fsp3) is 0.263. The van der Waals surface area contributed by atoms with Gasteiger partial charge in [-0.1, -0.05) is 30.3 Å². The van der Waals surface area contributed by atoms with E-state index >= 15 is 0 Å².